The van der Waals surface area contributed by atoms with Crippen LogP contribution in [0.2, 0.25) is 0 Å². The van der Waals surface area contributed by atoms with Gasteiger partial charge in [-0.3, -0.25) is 0 Å². The van der Waals surface area contributed by atoms with Gasteiger partial charge in [-0.15, -0.1) is 0 Å². The maximum atomic E-state index is 12.4. The molecule has 32 heavy (non-hydrogen) atoms. The molecular formula is C27H32O5. The van der Waals surface area contributed by atoms with Crippen LogP contribution in [0.3, 0.4) is 0 Å². The van der Waals surface area contributed by atoms with Gasteiger partial charge in [0.05, 0.1) is 5.56 Å². The number of hydrogen-bond acceptors (Lipinski definition) is 5. The number of hydrogen-bond donors (Lipinski definition) is 0. The largest absolute Gasteiger partial charge is 0.457 e. The molecule has 1 aliphatic rings. The van der Waals surface area contributed by atoms with Crippen LogP contribution < -0.4 is 9.47 Å². The Morgan fingerprint density at radius 2 is 1.56 bits per heavy atom. The van der Waals surface area contributed by atoms with Gasteiger partial charge in [0.2, 0.25) is 6.79 Å². The first kappa shape index (κ1) is 23.6. The predicted octanol–water partition coefficient (Wildman–Crippen LogP) is 6.44. The van der Waals surface area contributed by atoms with Gasteiger partial charge in [0.15, 0.2) is 0 Å². The minimum absolute atomic E-state index is 0.220. The molecule has 2 aromatic rings. The molecule has 0 spiro atoms. The van der Waals surface area contributed by atoms with E-state index in [2.05, 4.69) is 25.6 Å². The minimum Gasteiger partial charge on any atom is -0.457 e. The third-order valence-corrected chi connectivity index (χ3v) is 5.96. The third-order valence-electron chi connectivity index (χ3n) is 5.96. The highest BCUT2D eigenvalue weighted by atomic mass is 16.7. The van der Waals surface area contributed by atoms with E-state index in [0.717, 1.165) is 5.92 Å². The fourth-order valence-electron chi connectivity index (χ4n) is 4.13. The summed E-state index contributed by atoms with van der Waals surface area (Å²) in [6.45, 7) is 7.11. The average Bonchev–Trinajstić information content (AvgIpc) is 2.80. The van der Waals surface area contributed by atoms with Crippen molar-refractivity contribution in [2.45, 2.75) is 58.3 Å². The summed E-state index contributed by atoms with van der Waals surface area (Å²) >= 11 is 0. The van der Waals surface area contributed by atoms with E-state index in [1.54, 1.807) is 31.2 Å². The molecule has 1 aliphatic carbocycles. The summed E-state index contributed by atoms with van der Waals surface area (Å²) in [5, 5.41) is 0. The van der Waals surface area contributed by atoms with Crippen LogP contribution in [0.1, 0.15) is 74.2 Å². The van der Waals surface area contributed by atoms with Crippen molar-refractivity contribution in [1.82, 2.24) is 0 Å². The first-order chi connectivity index (χ1) is 15.5. The quantitative estimate of drug-likeness (QED) is 0.196. The van der Waals surface area contributed by atoms with Gasteiger partial charge >= 0.3 is 11.9 Å². The number of esters is 2. The van der Waals surface area contributed by atoms with E-state index in [0.29, 0.717) is 28.6 Å². The molecule has 2 aromatic carbocycles. The van der Waals surface area contributed by atoms with Gasteiger partial charge in [-0.2, -0.15) is 0 Å². The number of benzene rings is 2. The van der Waals surface area contributed by atoms with Crippen molar-refractivity contribution >= 4 is 11.9 Å². The molecule has 5 nitrogen and oxygen atoms in total. The standard InChI is InChI=1S/C27H32O5/c1-4-5-20-6-8-21(9-7-20)22-10-16-25(17-11-22)32-27(29)23-12-14-24(15-13-23)30-18-31-26(28)19(2)3/h10-17,20-21H,2,4-9,18H2,1,3H3. The Balaban J connectivity index is 1.48. The van der Waals surface area contributed by atoms with E-state index in [4.69, 9.17) is 14.2 Å². The molecule has 170 valence electrons. The fraction of sp³-hybridized carbons (Fsp3) is 0.407. The van der Waals surface area contributed by atoms with Crippen LogP contribution >= 0.6 is 0 Å². The smallest absolute Gasteiger partial charge is 0.343 e. The first-order valence-corrected chi connectivity index (χ1v) is 11.3. The highest BCUT2D eigenvalue weighted by molar-refractivity contribution is 5.91. The van der Waals surface area contributed by atoms with Crippen LogP contribution in [0.5, 0.6) is 11.5 Å². The Kier molecular flexibility index (Phi) is 8.48. The van der Waals surface area contributed by atoms with Crippen molar-refractivity contribution in [3.63, 3.8) is 0 Å². The van der Waals surface area contributed by atoms with Crippen LogP contribution in [-0.2, 0) is 9.53 Å². The maximum Gasteiger partial charge on any atom is 0.343 e. The molecule has 0 N–H and O–H groups in total. The Hall–Kier alpha value is -3.08. The Bertz CT molecular complexity index is 906. The predicted molar refractivity (Wildman–Crippen MR) is 124 cm³/mol. The number of carbonyl (C=O) groups excluding carboxylic acids is 2. The number of carbonyl (C=O) groups is 2. The van der Waals surface area contributed by atoms with Gasteiger partial charge in [-0.05, 0) is 86.4 Å². The van der Waals surface area contributed by atoms with E-state index < -0.39 is 11.9 Å². The maximum absolute atomic E-state index is 12.4. The normalized spacial score (nSPS) is 17.9. The second-order valence-electron chi connectivity index (χ2n) is 8.46. The second-order valence-corrected chi connectivity index (χ2v) is 8.46. The fourth-order valence-corrected chi connectivity index (χ4v) is 4.13. The summed E-state index contributed by atoms with van der Waals surface area (Å²) in [7, 11) is 0. The van der Waals surface area contributed by atoms with Crippen molar-refractivity contribution in [1.29, 1.82) is 0 Å². The highest BCUT2D eigenvalue weighted by Gasteiger charge is 2.22. The lowest BCUT2D eigenvalue weighted by atomic mass is 9.77. The molecule has 1 saturated carbocycles. The van der Waals surface area contributed by atoms with Crippen LogP contribution in [0.15, 0.2) is 60.7 Å². The molecule has 0 aliphatic heterocycles. The molecular weight excluding hydrogens is 404 g/mol. The molecule has 0 amide bonds. The van der Waals surface area contributed by atoms with E-state index in [-0.39, 0.29) is 6.79 Å². The lowest BCUT2D eigenvalue weighted by Crippen LogP contribution is -2.13. The summed E-state index contributed by atoms with van der Waals surface area (Å²) in [6, 6.07) is 14.4. The topological polar surface area (TPSA) is 61.8 Å². The van der Waals surface area contributed by atoms with E-state index in [9.17, 15) is 9.59 Å². The number of rotatable bonds is 9. The molecule has 0 unspecified atom stereocenters. The van der Waals surface area contributed by atoms with E-state index in [1.165, 1.54) is 44.1 Å². The van der Waals surface area contributed by atoms with Crippen molar-refractivity contribution in [2.75, 3.05) is 6.79 Å². The van der Waals surface area contributed by atoms with Crippen LogP contribution in [-0.4, -0.2) is 18.7 Å². The zero-order valence-corrected chi connectivity index (χ0v) is 19.0. The highest BCUT2D eigenvalue weighted by Crippen LogP contribution is 2.37. The third kappa shape index (κ3) is 6.71. The molecule has 0 bridgehead atoms. The van der Waals surface area contributed by atoms with Gasteiger partial charge in [0.1, 0.15) is 11.5 Å². The molecule has 3 rings (SSSR count). The van der Waals surface area contributed by atoms with Crippen LogP contribution in [0, 0.1) is 5.92 Å². The summed E-state index contributed by atoms with van der Waals surface area (Å²) in [5.74, 6) is 1.56. The van der Waals surface area contributed by atoms with Crippen molar-refractivity contribution in [3.8, 4) is 11.5 Å². The average molecular weight is 437 g/mol. The van der Waals surface area contributed by atoms with Gasteiger partial charge < -0.3 is 14.2 Å². The van der Waals surface area contributed by atoms with Crippen molar-refractivity contribution in [2.24, 2.45) is 5.92 Å². The number of ether oxygens (including phenoxy) is 3. The Morgan fingerprint density at radius 3 is 2.16 bits per heavy atom. The molecule has 0 saturated heterocycles. The monoisotopic (exact) mass is 436 g/mol. The lowest BCUT2D eigenvalue weighted by molar-refractivity contribution is -0.145. The molecule has 0 radical (unpaired) electrons. The summed E-state index contributed by atoms with van der Waals surface area (Å²) in [4.78, 5) is 23.8. The SMILES string of the molecule is C=C(C)C(=O)OCOc1ccc(C(=O)Oc2ccc(C3CCC(CCC)CC3)cc2)cc1. The first-order valence-electron chi connectivity index (χ1n) is 11.3. The van der Waals surface area contributed by atoms with Crippen molar-refractivity contribution < 1.29 is 23.8 Å². The molecule has 1 fully saturated rings. The molecule has 5 heteroatoms. The van der Waals surface area contributed by atoms with Gasteiger partial charge in [0, 0.05) is 5.57 Å². The summed E-state index contributed by atoms with van der Waals surface area (Å²) < 4.78 is 15.7. The van der Waals surface area contributed by atoms with Crippen LogP contribution in [0.25, 0.3) is 0 Å². The van der Waals surface area contributed by atoms with Gasteiger partial charge in [-0.1, -0.05) is 38.5 Å². The summed E-state index contributed by atoms with van der Waals surface area (Å²) in [6.07, 6.45) is 7.72. The van der Waals surface area contributed by atoms with E-state index >= 15 is 0 Å². The van der Waals surface area contributed by atoms with Crippen LogP contribution in [0.4, 0.5) is 0 Å². The lowest BCUT2D eigenvalue weighted by Gasteiger charge is -2.28. The van der Waals surface area contributed by atoms with E-state index in [1.807, 2.05) is 12.1 Å². The van der Waals surface area contributed by atoms with Crippen molar-refractivity contribution in [3.05, 3.63) is 71.8 Å². The molecule has 0 atom stereocenters. The van der Waals surface area contributed by atoms with Gasteiger partial charge in [0.25, 0.3) is 0 Å². The summed E-state index contributed by atoms with van der Waals surface area (Å²) in [5.41, 5.74) is 2.04. The molecule has 0 heterocycles. The zero-order chi connectivity index (χ0) is 22.9. The second kappa shape index (κ2) is 11.5. The Labute approximate surface area is 190 Å². The minimum atomic E-state index is -0.514. The van der Waals surface area contributed by atoms with Gasteiger partial charge in [-0.25, -0.2) is 9.59 Å². The Morgan fingerprint density at radius 1 is 0.938 bits per heavy atom. The molecule has 0 aromatic heterocycles. The zero-order valence-electron chi connectivity index (χ0n) is 19.0.